The first-order chi connectivity index (χ1) is 19.8. The smallest absolute Gasteiger partial charge is 0.303 e. The van der Waals surface area contributed by atoms with E-state index >= 15 is 0 Å². The molecule has 41 heavy (non-hydrogen) atoms. The lowest BCUT2D eigenvalue weighted by molar-refractivity contribution is -0.136. The second-order valence-corrected chi connectivity index (χ2v) is 11.9. The summed E-state index contributed by atoms with van der Waals surface area (Å²) < 4.78 is 45.8. The van der Waals surface area contributed by atoms with Crippen molar-refractivity contribution < 1.29 is 32.2 Å². The first kappa shape index (κ1) is 28.4. The van der Waals surface area contributed by atoms with Gasteiger partial charge in [0.05, 0.1) is 18.6 Å². The molecule has 0 spiro atoms. The SMILES string of the molecule is COc1ccc(S(=O)(=O)N2CCc3c(OCCc4cc(-c5ccccc5)oc4C)ccc(CCC(=O)O)c3C2)cc1. The largest absolute Gasteiger partial charge is 0.497 e. The Morgan fingerprint density at radius 2 is 1.73 bits per heavy atom. The average Bonchev–Trinajstić information content (AvgIpc) is 3.36. The summed E-state index contributed by atoms with van der Waals surface area (Å²) in [7, 11) is -2.23. The van der Waals surface area contributed by atoms with Gasteiger partial charge in [0.15, 0.2) is 0 Å². The molecule has 1 aliphatic rings. The number of nitrogens with zero attached hydrogens (tertiary/aromatic N) is 1. The van der Waals surface area contributed by atoms with Crippen molar-refractivity contribution >= 4 is 16.0 Å². The van der Waals surface area contributed by atoms with Crippen molar-refractivity contribution in [1.82, 2.24) is 4.31 Å². The van der Waals surface area contributed by atoms with E-state index in [0.29, 0.717) is 43.9 Å². The minimum Gasteiger partial charge on any atom is -0.497 e. The third-order valence-corrected chi connectivity index (χ3v) is 9.30. The van der Waals surface area contributed by atoms with Crippen LogP contribution in [0.5, 0.6) is 11.5 Å². The van der Waals surface area contributed by atoms with E-state index in [1.54, 1.807) is 12.1 Å². The molecule has 9 heteroatoms. The first-order valence-corrected chi connectivity index (χ1v) is 15.0. The Hall–Kier alpha value is -4.08. The van der Waals surface area contributed by atoms with Crippen LogP contribution in [0.1, 0.15) is 34.4 Å². The maximum atomic E-state index is 13.5. The Bertz CT molecular complexity index is 1630. The number of rotatable bonds is 11. The molecule has 3 aromatic carbocycles. The molecule has 1 aliphatic heterocycles. The highest BCUT2D eigenvalue weighted by molar-refractivity contribution is 7.89. The number of benzene rings is 3. The topological polar surface area (TPSA) is 106 Å². The summed E-state index contributed by atoms with van der Waals surface area (Å²) in [6, 6.07) is 22.0. The number of aryl methyl sites for hydroxylation is 2. The third kappa shape index (κ3) is 6.31. The third-order valence-electron chi connectivity index (χ3n) is 7.44. The van der Waals surface area contributed by atoms with E-state index in [0.717, 1.165) is 39.3 Å². The Labute approximate surface area is 240 Å². The van der Waals surface area contributed by atoms with Crippen LogP contribution in [0, 0.1) is 6.92 Å². The van der Waals surface area contributed by atoms with Crippen LogP contribution in [0.2, 0.25) is 0 Å². The summed E-state index contributed by atoms with van der Waals surface area (Å²) >= 11 is 0. The van der Waals surface area contributed by atoms with Gasteiger partial charge < -0.3 is 19.0 Å². The molecule has 2 heterocycles. The molecule has 1 aromatic heterocycles. The Morgan fingerprint density at radius 1 is 0.976 bits per heavy atom. The van der Waals surface area contributed by atoms with Crippen LogP contribution in [0.15, 0.2) is 82.1 Å². The number of hydrogen-bond donors (Lipinski definition) is 1. The van der Waals surface area contributed by atoms with Crippen molar-refractivity contribution in [3.05, 3.63) is 101 Å². The minimum absolute atomic E-state index is 0.0403. The van der Waals surface area contributed by atoms with Gasteiger partial charge in [-0.15, -0.1) is 0 Å². The van der Waals surface area contributed by atoms with Gasteiger partial charge in [-0.05, 0) is 72.9 Å². The summed E-state index contributed by atoms with van der Waals surface area (Å²) in [5, 5.41) is 9.28. The molecule has 0 atom stereocenters. The van der Waals surface area contributed by atoms with E-state index in [2.05, 4.69) is 0 Å². The highest BCUT2D eigenvalue weighted by Crippen LogP contribution is 2.34. The molecule has 5 rings (SSSR count). The second kappa shape index (κ2) is 12.2. The quantitative estimate of drug-likeness (QED) is 0.246. The molecule has 0 unspecified atom stereocenters. The van der Waals surface area contributed by atoms with E-state index in [4.69, 9.17) is 13.9 Å². The molecule has 0 saturated carbocycles. The van der Waals surface area contributed by atoms with Crippen LogP contribution >= 0.6 is 0 Å². The van der Waals surface area contributed by atoms with Crippen LogP contribution in [-0.2, 0) is 40.6 Å². The highest BCUT2D eigenvalue weighted by Gasteiger charge is 2.31. The molecule has 0 bridgehead atoms. The number of hydrogen-bond acceptors (Lipinski definition) is 6. The number of ether oxygens (including phenoxy) is 2. The molecule has 0 aliphatic carbocycles. The van der Waals surface area contributed by atoms with Crippen molar-refractivity contribution in [2.45, 2.75) is 44.0 Å². The number of fused-ring (bicyclic) bond motifs is 1. The summed E-state index contributed by atoms with van der Waals surface area (Å²) in [4.78, 5) is 11.5. The van der Waals surface area contributed by atoms with Gasteiger partial charge in [-0.2, -0.15) is 4.31 Å². The van der Waals surface area contributed by atoms with E-state index < -0.39 is 16.0 Å². The van der Waals surface area contributed by atoms with E-state index in [1.807, 2.05) is 55.5 Å². The lowest BCUT2D eigenvalue weighted by Crippen LogP contribution is -2.36. The van der Waals surface area contributed by atoms with Gasteiger partial charge >= 0.3 is 5.97 Å². The minimum atomic E-state index is -3.76. The normalized spacial score (nSPS) is 13.5. The second-order valence-electron chi connectivity index (χ2n) is 9.99. The summed E-state index contributed by atoms with van der Waals surface area (Å²) in [5.74, 6) is 2.04. The molecule has 214 valence electrons. The summed E-state index contributed by atoms with van der Waals surface area (Å²) in [6.07, 6.45) is 1.38. The number of aliphatic carboxylic acids is 1. The maximum absolute atomic E-state index is 13.5. The van der Waals surface area contributed by atoms with Gasteiger partial charge in [0, 0.05) is 37.1 Å². The lowest BCUT2D eigenvalue weighted by Gasteiger charge is -2.31. The predicted molar refractivity (Wildman–Crippen MR) is 155 cm³/mol. The summed E-state index contributed by atoms with van der Waals surface area (Å²) in [5.41, 5.74) is 4.65. The zero-order valence-electron chi connectivity index (χ0n) is 23.1. The van der Waals surface area contributed by atoms with E-state index in [1.165, 1.54) is 23.5 Å². The molecular weight excluding hydrogens is 542 g/mol. The number of methoxy groups -OCH3 is 1. The Morgan fingerprint density at radius 3 is 2.44 bits per heavy atom. The number of furan rings is 1. The fourth-order valence-corrected chi connectivity index (χ4v) is 6.59. The van der Waals surface area contributed by atoms with Gasteiger partial charge in [0.1, 0.15) is 23.0 Å². The van der Waals surface area contributed by atoms with Gasteiger partial charge in [0.25, 0.3) is 0 Å². The molecule has 0 amide bonds. The van der Waals surface area contributed by atoms with Crippen molar-refractivity contribution in [1.29, 1.82) is 0 Å². The molecule has 0 fully saturated rings. The number of carbonyl (C=O) groups is 1. The standard InChI is InChI=1S/C32H33NO7S/c1-22-25(20-31(40-22)24-6-4-3-5-7-24)17-19-39-30-14-8-23(9-15-32(34)35)29-21-33(18-16-28(29)30)41(36,37)27-12-10-26(38-2)11-13-27/h3-8,10-14,20H,9,15-19,21H2,1-2H3,(H,34,35). The molecule has 0 saturated heterocycles. The molecule has 4 aromatic rings. The predicted octanol–water partition coefficient (Wildman–Crippen LogP) is 5.65. The van der Waals surface area contributed by atoms with Crippen LogP contribution < -0.4 is 9.47 Å². The first-order valence-electron chi connectivity index (χ1n) is 13.5. The van der Waals surface area contributed by atoms with Crippen LogP contribution in [0.3, 0.4) is 0 Å². The summed E-state index contributed by atoms with van der Waals surface area (Å²) in [6.45, 7) is 2.81. The van der Waals surface area contributed by atoms with E-state index in [-0.39, 0.29) is 17.9 Å². The molecule has 1 N–H and O–H groups in total. The number of carboxylic acid groups (broad SMARTS) is 1. The van der Waals surface area contributed by atoms with Crippen molar-refractivity contribution in [3.8, 4) is 22.8 Å². The number of carboxylic acids is 1. The molecular formula is C32H33NO7S. The van der Waals surface area contributed by atoms with Crippen molar-refractivity contribution in [2.75, 3.05) is 20.3 Å². The lowest BCUT2D eigenvalue weighted by atomic mass is 9.92. The fraction of sp³-hybridized carbons (Fsp3) is 0.281. The maximum Gasteiger partial charge on any atom is 0.303 e. The van der Waals surface area contributed by atoms with Gasteiger partial charge in [-0.25, -0.2) is 8.42 Å². The zero-order chi connectivity index (χ0) is 29.0. The molecule has 8 nitrogen and oxygen atoms in total. The Balaban J connectivity index is 1.35. The van der Waals surface area contributed by atoms with Crippen molar-refractivity contribution in [2.24, 2.45) is 0 Å². The number of sulfonamides is 1. The van der Waals surface area contributed by atoms with Gasteiger partial charge in [-0.3, -0.25) is 4.79 Å². The average molecular weight is 576 g/mol. The van der Waals surface area contributed by atoms with Crippen LogP contribution in [0.25, 0.3) is 11.3 Å². The monoisotopic (exact) mass is 575 g/mol. The Kier molecular flexibility index (Phi) is 8.46. The van der Waals surface area contributed by atoms with Gasteiger partial charge in [0.2, 0.25) is 10.0 Å². The zero-order valence-corrected chi connectivity index (χ0v) is 23.9. The fourth-order valence-electron chi connectivity index (χ4n) is 5.18. The van der Waals surface area contributed by atoms with Crippen LogP contribution in [0.4, 0.5) is 0 Å². The highest BCUT2D eigenvalue weighted by atomic mass is 32.2. The van der Waals surface area contributed by atoms with E-state index in [9.17, 15) is 18.3 Å². The van der Waals surface area contributed by atoms with Crippen LogP contribution in [-0.4, -0.2) is 44.1 Å². The van der Waals surface area contributed by atoms with Gasteiger partial charge in [-0.1, -0.05) is 36.4 Å². The van der Waals surface area contributed by atoms with Crippen molar-refractivity contribution in [3.63, 3.8) is 0 Å². The molecule has 0 radical (unpaired) electrons.